The first-order valence-electron chi connectivity index (χ1n) is 9.55. The van der Waals surface area contributed by atoms with Crippen molar-refractivity contribution in [2.45, 2.75) is 32.2 Å². The van der Waals surface area contributed by atoms with E-state index in [0.717, 1.165) is 31.2 Å². The van der Waals surface area contributed by atoms with E-state index in [1.807, 2.05) is 24.3 Å². The van der Waals surface area contributed by atoms with Gasteiger partial charge in [0.05, 0.1) is 11.0 Å². The lowest BCUT2D eigenvalue weighted by atomic mass is 10.1. The number of hydrogen-bond donors (Lipinski definition) is 2. The molecule has 0 bridgehead atoms. The van der Waals surface area contributed by atoms with Crippen LogP contribution in [0.4, 0.5) is 11.4 Å². The number of hydrogen-bond acceptors (Lipinski definition) is 5. The van der Waals surface area contributed by atoms with E-state index in [1.165, 1.54) is 18.2 Å². The molecule has 8 heteroatoms. The smallest absolute Gasteiger partial charge is 0.273 e. The molecule has 0 spiro atoms. The third-order valence-electron chi connectivity index (χ3n) is 4.81. The summed E-state index contributed by atoms with van der Waals surface area (Å²) in [5, 5.41) is 16.4. The molecule has 1 aliphatic carbocycles. The number of nitrogens with zero attached hydrogens (tertiary/aromatic N) is 1. The van der Waals surface area contributed by atoms with Gasteiger partial charge in [-0.3, -0.25) is 19.7 Å². The van der Waals surface area contributed by atoms with Crippen molar-refractivity contribution >= 4 is 23.2 Å². The second-order valence-electron chi connectivity index (χ2n) is 6.99. The number of carbonyl (C=O) groups is 2. The van der Waals surface area contributed by atoms with Crippen molar-refractivity contribution in [3.05, 3.63) is 64.2 Å². The van der Waals surface area contributed by atoms with Gasteiger partial charge in [0.15, 0.2) is 6.61 Å². The number of non-ortho nitro benzene ring substituents is 1. The zero-order valence-corrected chi connectivity index (χ0v) is 15.9. The SMILES string of the molecule is O=C(COc1cccc([N+](=O)[O-])c1)NCc1cccc(NC(=O)C2CCCC2)c1. The molecule has 3 rings (SSSR count). The van der Waals surface area contributed by atoms with Crippen molar-refractivity contribution in [1.82, 2.24) is 5.32 Å². The largest absolute Gasteiger partial charge is 0.484 e. The van der Waals surface area contributed by atoms with E-state index in [-0.39, 0.29) is 42.3 Å². The monoisotopic (exact) mass is 397 g/mol. The number of carbonyl (C=O) groups excluding carboxylic acids is 2. The minimum atomic E-state index is -0.522. The van der Waals surface area contributed by atoms with Crippen LogP contribution in [0.2, 0.25) is 0 Å². The minimum absolute atomic E-state index is 0.0500. The average Bonchev–Trinajstić information content (AvgIpc) is 3.26. The van der Waals surface area contributed by atoms with Crippen molar-refractivity contribution in [3.8, 4) is 5.75 Å². The van der Waals surface area contributed by atoms with E-state index >= 15 is 0 Å². The summed E-state index contributed by atoms with van der Waals surface area (Å²) in [4.78, 5) is 34.5. The Labute approximate surface area is 168 Å². The van der Waals surface area contributed by atoms with Crippen molar-refractivity contribution in [2.24, 2.45) is 5.92 Å². The summed E-state index contributed by atoms with van der Waals surface area (Å²) in [5.74, 6) is 0.0428. The van der Waals surface area contributed by atoms with Crippen LogP contribution in [0.1, 0.15) is 31.2 Å². The predicted molar refractivity (Wildman–Crippen MR) is 107 cm³/mol. The van der Waals surface area contributed by atoms with Crippen LogP contribution in [-0.4, -0.2) is 23.3 Å². The van der Waals surface area contributed by atoms with Gasteiger partial charge >= 0.3 is 0 Å². The van der Waals surface area contributed by atoms with Crippen molar-refractivity contribution in [3.63, 3.8) is 0 Å². The van der Waals surface area contributed by atoms with Crippen LogP contribution < -0.4 is 15.4 Å². The maximum absolute atomic E-state index is 12.2. The standard InChI is InChI=1S/C21H23N3O5/c25-20(14-29-19-10-4-9-18(12-19)24(27)28)22-13-15-5-3-8-17(11-15)23-21(26)16-6-1-2-7-16/h3-5,8-12,16H,1-2,6-7,13-14H2,(H,22,25)(H,23,26). The molecule has 152 valence electrons. The summed E-state index contributed by atoms with van der Waals surface area (Å²) in [6, 6.07) is 13.0. The van der Waals surface area contributed by atoms with Crippen LogP contribution in [0.3, 0.4) is 0 Å². The van der Waals surface area contributed by atoms with Gasteiger partial charge in [-0.2, -0.15) is 0 Å². The minimum Gasteiger partial charge on any atom is -0.484 e. The fraction of sp³-hybridized carbons (Fsp3) is 0.333. The van der Waals surface area contributed by atoms with Gasteiger partial charge < -0.3 is 15.4 Å². The molecule has 0 unspecified atom stereocenters. The number of nitrogens with one attached hydrogen (secondary N) is 2. The Hall–Kier alpha value is -3.42. The third kappa shape index (κ3) is 6.03. The number of benzene rings is 2. The topological polar surface area (TPSA) is 111 Å². The highest BCUT2D eigenvalue weighted by atomic mass is 16.6. The molecule has 0 aromatic heterocycles. The average molecular weight is 397 g/mol. The lowest BCUT2D eigenvalue weighted by Crippen LogP contribution is -2.28. The zero-order valence-electron chi connectivity index (χ0n) is 15.9. The molecule has 2 N–H and O–H groups in total. The molecule has 8 nitrogen and oxygen atoms in total. The first-order chi connectivity index (χ1) is 14.0. The van der Waals surface area contributed by atoms with Crippen LogP contribution in [0.25, 0.3) is 0 Å². The number of rotatable bonds is 8. The fourth-order valence-corrected chi connectivity index (χ4v) is 3.28. The lowest BCUT2D eigenvalue weighted by Gasteiger charge is -2.12. The molecule has 1 fully saturated rings. The normalized spacial score (nSPS) is 13.7. The molecule has 1 saturated carbocycles. The van der Waals surface area contributed by atoms with Gasteiger partial charge in [-0.25, -0.2) is 0 Å². The van der Waals surface area contributed by atoms with Gasteiger partial charge in [-0.15, -0.1) is 0 Å². The van der Waals surface area contributed by atoms with E-state index < -0.39 is 4.92 Å². The van der Waals surface area contributed by atoms with Crippen molar-refractivity contribution < 1.29 is 19.2 Å². The van der Waals surface area contributed by atoms with Crippen LogP contribution in [0.5, 0.6) is 5.75 Å². The summed E-state index contributed by atoms with van der Waals surface area (Å²) in [6.45, 7) is 0.0313. The molecule has 0 atom stereocenters. The summed E-state index contributed by atoms with van der Waals surface area (Å²) < 4.78 is 5.31. The van der Waals surface area contributed by atoms with E-state index in [2.05, 4.69) is 10.6 Å². The molecule has 0 radical (unpaired) electrons. The van der Waals surface area contributed by atoms with Crippen molar-refractivity contribution in [1.29, 1.82) is 0 Å². The molecule has 0 heterocycles. The van der Waals surface area contributed by atoms with Gasteiger partial charge in [0.25, 0.3) is 11.6 Å². The van der Waals surface area contributed by atoms with E-state index in [9.17, 15) is 19.7 Å². The third-order valence-corrected chi connectivity index (χ3v) is 4.81. The highest BCUT2D eigenvalue weighted by Gasteiger charge is 2.22. The predicted octanol–water partition coefficient (Wildman–Crippen LogP) is 3.42. The highest BCUT2D eigenvalue weighted by molar-refractivity contribution is 5.92. The molecule has 2 amide bonds. The maximum atomic E-state index is 12.2. The molecular formula is C21H23N3O5. The van der Waals surface area contributed by atoms with Crippen LogP contribution in [0.15, 0.2) is 48.5 Å². The Morgan fingerprint density at radius 1 is 1.10 bits per heavy atom. The van der Waals surface area contributed by atoms with Crippen LogP contribution in [-0.2, 0) is 16.1 Å². The second kappa shape index (κ2) is 9.68. The molecule has 2 aromatic rings. The number of ether oxygens (including phenoxy) is 1. The summed E-state index contributed by atoms with van der Waals surface area (Å²) in [7, 11) is 0. The molecule has 0 saturated heterocycles. The van der Waals surface area contributed by atoms with Crippen LogP contribution >= 0.6 is 0 Å². The molecule has 0 aliphatic heterocycles. The first kappa shape index (κ1) is 20.3. The number of amides is 2. The first-order valence-corrected chi connectivity index (χ1v) is 9.55. The zero-order chi connectivity index (χ0) is 20.6. The Bertz CT molecular complexity index is 893. The number of anilines is 1. The van der Waals surface area contributed by atoms with E-state index in [1.54, 1.807) is 6.07 Å². The molecule has 29 heavy (non-hydrogen) atoms. The number of nitro groups is 1. The Morgan fingerprint density at radius 3 is 2.62 bits per heavy atom. The quantitative estimate of drug-likeness (QED) is 0.524. The summed E-state index contributed by atoms with van der Waals surface area (Å²) in [6.07, 6.45) is 4.07. The Kier molecular flexibility index (Phi) is 6.78. The lowest BCUT2D eigenvalue weighted by molar-refractivity contribution is -0.384. The second-order valence-corrected chi connectivity index (χ2v) is 6.99. The summed E-state index contributed by atoms with van der Waals surface area (Å²) >= 11 is 0. The molecule has 2 aromatic carbocycles. The number of nitro benzene ring substituents is 1. The van der Waals surface area contributed by atoms with Gasteiger partial charge in [-0.05, 0) is 36.6 Å². The maximum Gasteiger partial charge on any atom is 0.273 e. The van der Waals surface area contributed by atoms with E-state index in [4.69, 9.17) is 4.74 Å². The molecular weight excluding hydrogens is 374 g/mol. The van der Waals surface area contributed by atoms with Gasteiger partial charge in [-0.1, -0.05) is 31.0 Å². The van der Waals surface area contributed by atoms with Gasteiger partial charge in [0, 0.05) is 24.2 Å². The Morgan fingerprint density at radius 2 is 1.86 bits per heavy atom. The Balaban J connectivity index is 1.47. The van der Waals surface area contributed by atoms with E-state index in [0.29, 0.717) is 5.69 Å². The van der Waals surface area contributed by atoms with Gasteiger partial charge in [0.2, 0.25) is 5.91 Å². The van der Waals surface area contributed by atoms with Crippen molar-refractivity contribution in [2.75, 3.05) is 11.9 Å². The summed E-state index contributed by atoms with van der Waals surface area (Å²) in [5.41, 5.74) is 1.46. The fourth-order valence-electron chi connectivity index (χ4n) is 3.28. The van der Waals surface area contributed by atoms with Gasteiger partial charge in [0.1, 0.15) is 5.75 Å². The molecule has 1 aliphatic rings. The highest BCUT2D eigenvalue weighted by Crippen LogP contribution is 2.26. The van der Waals surface area contributed by atoms with Crippen LogP contribution in [0, 0.1) is 16.0 Å².